The fourth-order valence-electron chi connectivity index (χ4n) is 4.13. The maximum Gasteiger partial charge on any atom is 0.573 e. The summed E-state index contributed by atoms with van der Waals surface area (Å²) in [5, 5.41) is 2.96. The molecule has 0 aliphatic rings. The Morgan fingerprint density at radius 3 is 2.25 bits per heavy atom. The topological polar surface area (TPSA) is 87.0 Å². The van der Waals surface area contributed by atoms with Gasteiger partial charge in [-0.25, -0.2) is 9.18 Å². The fourth-order valence-corrected chi connectivity index (χ4v) is 4.30. The van der Waals surface area contributed by atoms with Crippen molar-refractivity contribution in [2.24, 2.45) is 0 Å². The summed E-state index contributed by atoms with van der Waals surface area (Å²) in [5.74, 6) is -2.07. The van der Waals surface area contributed by atoms with E-state index < -0.39 is 35.9 Å². The summed E-state index contributed by atoms with van der Waals surface area (Å²) in [6, 6.07) is 11.5. The molecular formula is C28H22ClF4NO6. The van der Waals surface area contributed by atoms with E-state index in [2.05, 4.69) is 10.1 Å². The summed E-state index contributed by atoms with van der Waals surface area (Å²) in [6.45, 7) is 3.62. The molecule has 40 heavy (non-hydrogen) atoms. The minimum absolute atomic E-state index is 0.0132. The number of nitrogens with one attached hydrogen (secondary N) is 1. The molecule has 0 aliphatic carbocycles. The summed E-state index contributed by atoms with van der Waals surface area (Å²) in [7, 11) is 0. The highest BCUT2D eigenvalue weighted by Crippen LogP contribution is 2.40. The van der Waals surface area contributed by atoms with Crippen molar-refractivity contribution in [1.82, 2.24) is 0 Å². The molecular weight excluding hydrogens is 558 g/mol. The van der Waals surface area contributed by atoms with Gasteiger partial charge in [0.05, 0.1) is 25.2 Å². The molecule has 0 saturated heterocycles. The summed E-state index contributed by atoms with van der Waals surface area (Å²) in [4.78, 5) is 26.4. The number of fused-ring (bicyclic) bond motifs is 1. The van der Waals surface area contributed by atoms with Gasteiger partial charge in [-0.05, 0) is 38.1 Å². The van der Waals surface area contributed by atoms with E-state index in [4.69, 9.17) is 25.5 Å². The number of benzene rings is 3. The van der Waals surface area contributed by atoms with Gasteiger partial charge in [0.1, 0.15) is 34.3 Å². The van der Waals surface area contributed by atoms with Gasteiger partial charge in [-0.15, -0.1) is 13.2 Å². The zero-order valence-electron chi connectivity index (χ0n) is 21.2. The first-order valence-corrected chi connectivity index (χ1v) is 12.4. The number of hydrogen-bond donors (Lipinski definition) is 1. The zero-order chi connectivity index (χ0) is 29.0. The molecule has 1 aromatic heterocycles. The minimum atomic E-state index is -5.03. The van der Waals surface area contributed by atoms with Gasteiger partial charge in [-0.1, -0.05) is 29.8 Å². The Morgan fingerprint density at radius 2 is 1.62 bits per heavy atom. The van der Waals surface area contributed by atoms with Crippen LogP contribution in [-0.4, -0.2) is 25.5 Å². The number of hydrogen-bond acceptors (Lipinski definition) is 6. The fraction of sp³-hybridized carbons (Fsp3) is 0.214. The lowest BCUT2D eigenvalue weighted by molar-refractivity contribution is -0.274. The summed E-state index contributed by atoms with van der Waals surface area (Å²) in [6.07, 6.45) is -5.68. The summed E-state index contributed by atoms with van der Waals surface area (Å²) in [5.41, 5.74) is -1.32. The predicted octanol–water partition coefficient (Wildman–Crippen LogP) is 7.13. The molecule has 12 heteroatoms. The molecule has 4 rings (SSSR count). The number of carbonyl (C=O) groups is 1. The van der Waals surface area contributed by atoms with Crippen LogP contribution < -0.4 is 25.2 Å². The van der Waals surface area contributed by atoms with Crippen LogP contribution in [-0.2, 0) is 11.2 Å². The molecule has 1 amide bonds. The van der Waals surface area contributed by atoms with Gasteiger partial charge in [0, 0.05) is 33.7 Å². The Hall–Kier alpha value is -4.25. The Labute approximate surface area is 230 Å². The molecule has 0 radical (unpaired) electrons. The molecule has 0 atom stereocenters. The second kappa shape index (κ2) is 11.9. The van der Waals surface area contributed by atoms with Gasteiger partial charge in [-0.2, -0.15) is 0 Å². The molecule has 1 N–H and O–H groups in total. The average molecular weight is 580 g/mol. The molecule has 3 aromatic carbocycles. The molecule has 0 fully saturated rings. The van der Waals surface area contributed by atoms with E-state index in [0.29, 0.717) is 0 Å². The van der Waals surface area contributed by atoms with E-state index in [-0.39, 0.29) is 63.1 Å². The van der Waals surface area contributed by atoms with Crippen LogP contribution in [0, 0.1) is 5.82 Å². The summed E-state index contributed by atoms with van der Waals surface area (Å²) < 4.78 is 74.4. The van der Waals surface area contributed by atoms with Crippen molar-refractivity contribution in [2.75, 3.05) is 18.5 Å². The van der Waals surface area contributed by atoms with Crippen LogP contribution in [0.25, 0.3) is 22.1 Å². The highest BCUT2D eigenvalue weighted by Gasteiger charge is 2.33. The van der Waals surface area contributed by atoms with Crippen LogP contribution in [0.3, 0.4) is 0 Å². The Balaban J connectivity index is 1.86. The van der Waals surface area contributed by atoms with E-state index >= 15 is 0 Å². The highest BCUT2D eigenvalue weighted by atomic mass is 35.5. The van der Waals surface area contributed by atoms with Gasteiger partial charge >= 0.3 is 12.0 Å². The Bertz CT molecular complexity index is 1590. The van der Waals surface area contributed by atoms with Crippen LogP contribution in [0.4, 0.5) is 23.2 Å². The quantitative estimate of drug-likeness (QED) is 0.168. The molecule has 0 bridgehead atoms. The third kappa shape index (κ3) is 6.48. The standard InChI is InChI=1S/C28H22ClF4NO6/c1-3-37-22-12-16(30)13-23(38-4-2)26(22)34-24(35)14-19-25(17-7-5-6-8-21(17)40-28(31,32)33)18-11-15(29)9-10-20(18)39-27(19)36/h5-13H,3-4,14H2,1-2H3,(H,34,35). The lowest BCUT2D eigenvalue weighted by Crippen LogP contribution is -2.22. The first kappa shape index (κ1) is 28.8. The second-order valence-corrected chi connectivity index (χ2v) is 8.73. The molecule has 0 unspecified atom stereocenters. The highest BCUT2D eigenvalue weighted by molar-refractivity contribution is 6.31. The first-order chi connectivity index (χ1) is 19.0. The lowest BCUT2D eigenvalue weighted by atomic mass is 9.94. The second-order valence-electron chi connectivity index (χ2n) is 8.30. The van der Waals surface area contributed by atoms with Crippen LogP contribution in [0.2, 0.25) is 5.02 Å². The van der Waals surface area contributed by atoms with Crippen LogP contribution in [0.5, 0.6) is 17.2 Å². The van der Waals surface area contributed by atoms with Crippen molar-refractivity contribution >= 4 is 34.2 Å². The average Bonchev–Trinajstić information content (AvgIpc) is 2.87. The molecule has 210 valence electrons. The van der Waals surface area contributed by atoms with Crippen molar-refractivity contribution in [2.45, 2.75) is 26.6 Å². The van der Waals surface area contributed by atoms with Crippen molar-refractivity contribution in [3.63, 3.8) is 0 Å². The van der Waals surface area contributed by atoms with Crippen molar-refractivity contribution in [1.29, 1.82) is 0 Å². The number of alkyl halides is 3. The first-order valence-electron chi connectivity index (χ1n) is 12.0. The molecule has 7 nitrogen and oxygen atoms in total. The number of ether oxygens (including phenoxy) is 3. The van der Waals surface area contributed by atoms with Gasteiger partial charge in [0.2, 0.25) is 5.91 Å². The van der Waals surface area contributed by atoms with Gasteiger partial charge in [0.25, 0.3) is 0 Å². The van der Waals surface area contributed by atoms with Crippen molar-refractivity contribution in [3.05, 3.63) is 81.4 Å². The van der Waals surface area contributed by atoms with Crippen molar-refractivity contribution in [3.8, 4) is 28.4 Å². The largest absolute Gasteiger partial charge is 0.573 e. The Morgan fingerprint density at radius 1 is 0.975 bits per heavy atom. The number of rotatable bonds is 9. The SMILES string of the molecule is CCOc1cc(F)cc(OCC)c1NC(=O)Cc1c(-c2ccccc2OC(F)(F)F)c2cc(Cl)ccc2oc1=O. The molecule has 0 aliphatic heterocycles. The number of anilines is 1. The number of para-hydroxylation sites is 1. The van der Waals surface area contributed by atoms with E-state index in [1.165, 1.54) is 36.4 Å². The molecule has 4 aromatic rings. The Kier molecular flexibility index (Phi) is 8.53. The smallest absolute Gasteiger partial charge is 0.491 e. The maximum atomic E-state index is 14.1. The predicted molar refractivity (Wildman–Crippen MR) is 141 cm³/mol. The number of halogens is 5. The summed E-state index contributed by atoms with van der Waals surface area (Å²) >= 11 is 6.17. The minimum Gasteiger partial charge on any atom is -0.491 e. The molecule has 0 saturated carbocycles. The van der Waals surface area contributed by atoms with Crippen LogP contribution in [0.15, 0.2) is 63.8 Å². The number of amides is 1. The van der Waals surface area contributed by atoms with Crippen molar-refractivity contribution < 1.29 is 41.0 Å². The zero-order valence-corrected chi connectivity index (χ0v) is 21.9. The third-order valence-electron chi connectivity index (χ3n) is 5.58. The van der Waals surface area contributed by atoms with Gasteiger partial charge in [0.15, 0.2) is 0 Å². The van der Waals surface area contributed by atoms with Crippen LogP contribution in [0.1, 0.15) is 19.4 Å². The van der Waals surface area contributed by atoms with E-state index in [1.807, 2.05) is 0 Å². The maximum absolute atomic E-state index is 14.1. The lowest BCUT2D eigenvalue weighted by Gasteiger charge is -2.18. The third-order valence-corrected chi connectivity index (χ3v) is 5.81. The van der Waals surface area contributed by atoms with Gasteiger partial charge in [-0.3, -0.25) is 4.79 Å². The molecule has 0 spiro atoms. The van der Waals surface area contributed by atoms with E-state index in [0.717, 1.165) is 18.2 Å². The van der Waals surface area contributed by atoms with Gasteiger partial charge < -0.3 is 23.9 Å². The van der Waals surface area contributed by atoms with Crippen LogP contribution >= 0.6 is 11.6 Å². The molecule has 1 heterocycles. The monoisotopic (exact) mass is 579 g/mol. The van der Waals surface area contributed by atoms with E-state index in [1.54, 1.807) is 13.8 Å². The van der Waals surface area contributed by atoms with E-state index in [9.17, 15) is 27.2 Å². The normalized spacial score (nSPS) is 11.4. The number of carbonyl (C=O) groups excluding carboxylic acids is 1.